The molecule has 0 aromatic heterocycles. The number of hydrogen-bond donors (Lipinski definition) is 1. The SMILES string of the molecule is CCOC(=O)c1cc(NS(=O)(=O)c2ccc(OC)c(C)c2C)ccc1Cl. The van der Waals surface area contributed by atoms with Crippen molar-refractivity contribution in [3.05, 3.63) is 52.0 Å². The Kier molecular flexibility index (Phi) is 6.15. The zero-order chi connectivity index (χ0) is 19.5. The van der Waals surface area contributed by atoms with Gasteiger partial charge in [-0.2, -0.15) is 0 Å². The molecule has 2 aromatic carbocycles. The number of rotatable bonds is 6. The molecule has 0 aliphatic carbocycles. The highest BCUT2D eigenvalue weighted by Crippen LogP contribution is 2.29. The molecule has 0 aliphatic rings. The predicted octanol–water partition coefficient (Wildman–Crippen LogP) is 3.94. The van der Waals surface area contributed by atoms with E-state index in [0.29, 0.717) is 11.3 Å². The molecule has 1 N–H and O–H groups in total. The number of methoxy groups -OCH3 is 1. The molecule has 140 valence electrons. The van der Waals surface area contributed by atoms with Crippen LogP contribution in [0.1, 0.15) is 28.4 Å². The van der Waals surface area contributed by atoms with Crippen molar-refractivity contribution in [2.24, 2.45) is 0 Å². The van der Waals surface area contributed by atoms with E-state index in [1.54, 1.807) is 26.8 Å². The lowest BCUT2D eigenvalue weighted by atomic mass is 10.1. The number of carbonyl (C=O) groups excluding carboxylic acids is 1. The van der Waals surface area contributed by atoms with Gasteiger partial charge >= 0.3 is 5.97 Å². The minimum Gasteiger partial charge on any atom is -0.496 e. The van der Waals surface area contributed by atoms with E-state index in [2.05, 4.69) is 4.72 Å². The molecule has 0 aliphatic heterocycles. The molecule has 2 rings (SSSR count). The average Bonchev–Trinajstić information content (AvgIpc) is 2.58. The lowest BCUT2D eigenvalue weighted by Crippen LogP contribution is -2.15. The molecule has 0 amide bonds. The van der Waals surface area contributed by atoms with Gasteiger partial charge in [0.05, 0.1) is 29.2 Å². The van der Waals surface area contributed by atoms with Crippen molar-refractivity contribution in [1.29, 1.82) is 0 Å². The Morgan fingerprint density at radius 3 is 2.46 bits per heavy atom. The first-order valence-electron chi connectivity index (χ1n) is 7.85. The van der Waals surface area contributed by atoms with Crippen LogP contribution in [0.3, 0.4) is 0 Å². The maximum Gasteiger partial charge on any atom is 0.339 e. The molecule has 0 radical (unpaired) electrons. The van der Waals surface area contributed by atoms with Crippen LogP contribution in [0.5, 0.6) is 5.75 Å². The van der Waals surface area contributed by atoms with Crippen LogP contribution in [0.15, 0.2) is 35.2 Å². The van der Waals surface area contributed by atoms with Crippen LogP contribution in [0, 0.1) is 13.8 Å². The second-order valence-electron chi connectivity index (χ2n) is 5.54. The molecule has 0 bridgehead atoms. The number of nitrogens with one attached hydrogen (secondary N) is 1. The number of halogens is 1. The Morgan fingerprint density at radius 2 is 1.85 bits per heavy atom. The normalized spacial score (nSPS) is 11.1. The molecule has 0 spiro atoms. The standard InChI is InChI=1S/C18H20ClNO5S/c1-5-25-18(21)14-10-13(6-7-15(14)19)20-26(22,23)17-9-8-16(24-4)11(2)12(17)3/h6-10,20H,5H2,1-4H3. The van der Waals surface area contributed by atoms with Gasteiger partial charge in [0.25, 0.3) is 10.0 Å². The van der Waals surface area contributed by atoms with Crippen molar-refractivity contribution in [3.63, 3.8) is 0 Å². The quantitative estimate of drug-likeness (QED) is 0.746. The predicted molar refractivity (Wildman–Crippen MR) is 101 cm³/mol. The van der Waals surface area contributed by atoms with Crippen molar-refractivity contribution in [2.75, 3.05) is 18.4 Å². The summed E-state index contributed by atoms with van der Waals surface area (Å²) in [6.07, 6.45) is 0. The van der Waals surface area contributed by atoms with E-state index in [-0.39, 0.29) is 27.8 Å². The van der Waals surface area contributed by atoms with E-state index in [4.69, 9.17) is 21.1 Å². The Morgan fingerprint density at radius 1 is 1.15 bits per heavy atom. The van der Waals surface area contributed by atoms with Gasteiger partial charge in [0.1, 0.15) is 5.75 Å². The molecule has 0 atom stereocenters. The molecular formula is C18H20ClNO5S. The summed E-state index contributed by atoms with van der Waals surface area (Å²) >= 11 is 6.00. The molecule has 0 saturated heterocycles. The molecule has 2 aromatic rings. The molecular weight excluding hydrogens is 378 g/mol. The Balaban J connectivity index is 2.40. The van der Waals surface area contributed by atoms with Gasteiger partial charge in [-0.15, -0.1) is 0 Å². The number of carbonyl (C=O) groups is 1. The molecule has 0 heterocycles. The highest BCUT2D eigenvalue weighted by atomic mass is 35.5. The van der Waals surface area contributed by atoms with E-state index in [1.807, 2.05) is 0 Å². The van der Waals surface area contributed by atoms with Crippen LogP contribution in [0.2, 0.25) is 5.02 Å². The zero-order valence-electron chi connectivity index (χ0n) is 14.9. The van der Waals surface area contributed by atoms with Gasteiger partial charge in [-0.3, -0.25) is 4.72 Å². The van der Waals surface area contributed by atoms with Crippen LogP contribution in [0.25, 0.3) is 0 Å². The lowest BCUT2D eigenvalue weighted by molar-refractivity contribution is 0.0526. The largest absolute Gasteiger partial charge is 0.496 e. The Labute approximate surface area is 158 Å². The van der Waals surface area contributed by atoms with Crippen LogP contribution < -0.4 is 9.46 Å². The summed E-state index contributed by atoms with van der Waals surface area (Å²) in [6.45, 7) is 5.36. The smallest absolute Gasteiger partial charge is 0.339 e. The third kappa shape index (κ3) is 4.11. The van der Waals surface area contributed by atoms with Gasteiger partial charge in [-0.1, -0.05) is 11.6 Å². The summed E-state index contributed by atoms with van der Waals surface area (Å²) in [5.41, 5.74) is 1.62. The number of esters is 1. The summed E-state index contributed by atoms with van der Waals surface area (Å²) in [7, 11) is -2.33. The first kappa shape index (κ1) is 20.1. The monoisotopic (exact) mass is 397 g/mol. The first-order valence-corrected chi connectivity index (χ1v) is 9.71. The van der Waals surface area contributed by atoms with Crippen molar-refractivity contribution < 1.29 is 22.7 Å². The maximum absolute atomic E-state index is 12.8. The van der Waals surface area contributed by atoms with Crippen molar-refractivity contribution in [1.82, 2.24) is 0 Å². The zero-order valence-corrected chi connectivity index (χ0v) is 16.5. The number of anilines is 1. The number of sulfonamides is 1. The fourth-order valence-electron chi connectivity index (χ4n) is 2.45. The van der Waals surface area contributed by atoms with Gasteiger partial charge in [0.15, 0.2) is 0 Å². The van der Waals surface area contributed by atoms with Gasteiger partial charge in [-0.05, 0) is 62.2 Å². The molecule has 0 unspecified atom stereocenters. The molecule has 0 saturated carbocycles. The molecule has 8 heteroatoms. The summed E-state index contributed by atoms with van der Waals surface area (Å²) in [6, 6.07) is 7.35. The van der Waals surface area contributed by atoms with Gasteiger partial charge in [0, 0.05) is 5.69 Å². The number of ether oxygens (including phenoxy) is 2. The van der Waals surface area contributed by atoms with Crippen LogP contribution in [-0.2, 0) is 14.8 Å². The third-order valence-electron chi connectivity index (χ3n) is 3.91. The molecule has 0 fully saturated rings. The lowest BCUT2D eigenvalue weighted by Gasteiger charge is -2.15. The van der Waals surface area contributed by atoms with Crippen LogP contribution in [0.4, 0.5) is 5.69 Å². The average molecular weight is 398 g/mol. The summed E-state index contributed by atoms with van der Waals surface area (Å²) in [4.78, 5) is 12.1. The number of hydrogen-bond acceptors (Lipinski definition) is 5. The van der Waals surface area contributed by atoms with Crippen LogP contribution in [-0.4, -0.2) is 28.1 Å². The van der Waals surface area contributed by atoms with E-state index in [0.717, 1.165) is 5.56 Å². The van der Waals surface area contributed by atoms with E-state index in [1.165, 1.54) is 31.4 Å². The van der Waals surface area contributed by atoms with E-state index < -0.39 is 16.0 Å². The maximum atomic E-state index is 12.8. The van der Waals surface area contributed by atoms with Crippen molar-refractivity contribution in [3.8, 4) is 5.75 Å². The topological polar surface area (TPSA) is 81.7 Å². The highest BCUT2D eigenvalue weighted by Gasteiger charge is 2.21. The Hall–Kier alpha value is -2.25. The first-order chi connectivity index (χ1) is 12.2. The Bertz CT molecular complexity index is 941. The van der Waals surface area contributed by atoms with Gasteiger partial charge in [0.2, 0.25) is 0 Å². The number of benzene rings is 2. The van der Waals surface area contributed by atoms with E-state index in [9.17, 15) is 13.2 Å². The van der Waals surface area contributed by atoms with E-state index >= 15 is 0 Å². The summed E-state index contributed by atoms with van der Waals surface area (Å²) in [5.74, 6) is -0.00689. The second kappa shape index (κ2) is 7.97. The minimum atomic E-state index is -3.86. The fourth-order valence-corrected chi connectivity index (χ4v) is 3.99. The summed E-state index contributed by atoms with van der Waals surface area (Å²) in [5, 5.41) is 0.183. The van der Waals surface area contributed by atoms with Crippen LogP contribution >= 0.6 is 11.6 Å². The molecule has 26 heavy (non-hydrogen) atoms. The van der Waals surface area contributed by atoms with Gasteiger partial charge in [-0.25, -0.2) is 13.2 Å². The van der Waals surface area contributed by atoms with Gasteiger partial charge < -0.3 is 9.47 Å². The molecule has 6 nitrogen and oxygen atoms in total. The van der Waals surface area contributed by atoms with Crippen molar-refractivity contribution >= 4 is 33.3 Å². The minimum absolute atomic E-state index is 0.0938. The second-order valence-corrected chi connectivity index (χ2v) is 7.59. The highest BCUT2D eigenvalue weighted by molar-refractivity contribution is 7.92. The summed E-state index contributed by atoms with van der Waals surface area (Å²) < 4.78 is 38.1. The van der Waals surface area contributed by atoms with Crippen molar-refractivity contribution in [2.45, 2.75) is 25.7 Å². The third-order valence-corrected chi connectivity index (χ3v) is 5.77. The fraction of sp³-hybridized carbons (Fsp3) is 0.278.